The number of thioether (sulfide) groups is 2. The first-order chi connectivity index (χ1) is 34.5. The molecule has 0 saturated carbocycles. The first kappa shape index (κ1) is 46.9. The predicted octanol–water partition coefficient (Wildman–Crippen LogP) is 12.1. The molecule has 0 saturated heterocycles. The molecule has 0 aliphatic carbocycles. The van der Waals surface area contributed by atoms with Gasteiger partial charge in [0.05, 0.1) is 38.9 Å². The van der Waals surface area contributed by atoms with Crippen molar-refractivity contribution in [3.63, 3.8) is 0 Å². The second-order valence-corrected chi connectivity index (χ2v) is 22.5. The standard InChI is InChI=1S/C60H54N2O4S2Si2/c1-63-49-33-25-45(26-34-49)61(43-17-9-5-10-18-43,46-27-35-50(64-2)36-28-46)57-41-55(69-53-21-13-7-14-22-53)59(67-57)60-56(70-54-23-15-8-16-24-54)42-58(68-60)62(44-19-11-6-12-20-44,47-29-37-51(65-3)38-30-47)48-31-39-52(66-4)40-32-48/h5-42,59-60,69-70H,1-4H3/q+2. The highest BCUT2D eigenvalue weighted by molar-refractivity contribution is 8.09. The Hall–Kier alpha value is -6.77. The Morgan fingerprint density at radius 1 is 0.314 bits per heavy atom. The molecule has 2 atom stereocenters. The molecule has 6 nitrogen and oxygen atoms in total. The number of para-hydroxylation sites is 2. The van der Waals surface area contributed by atoms with Crippen molar-refractivity contribution in [1.82, 2.24) is 8.97 Å². The number of methoxy groups -OCH3 is 4. The first-order valence-electron chi connectivity index (χ1n) is 23.3. The minimum atomic E-state index is -0.267. The third kappa shape index (κ3) is 8.99. The number of allylic oxidation sites excluding steroid dienone is 2. The van der Waals surface area contributed by atoms with Crippen LogP contribution < -0.4 is 38.3 Å². The zero-order valence-corrected chi connectivity index (χ0v) is 43.5. The summed E-state index contributed by atoms with van der Waals surface area (Å²) in [4.78, 5) is 0. The van der Waals surface area contributed by atoms with Crippen LogP contribution in [0.5, 0.6) is 23.0 Å². The molecule has 10 rings (SSSR count). The van der Waals surface area contributed by atoms with Crippen LogP contribution in [-0.2, 0) is 0 Å². The highest BCUT2D eigenvalue weighted by Crippen LogP contribution is 2.59. The largest absolute Gasteiger partial charge is 0.497 e. The molecule has 0 amide bonds. The van der Waals surface area contributed by atoms with Crippen molar-refractivity contribution in [3.8, 4) is 23.0 Å². The van der Waals surface area contributed by atoms with E-state index in [1.807, 2.05) is 23.5 Å². The van der Waals surface area contributed by atoms with E-state index in [-0.39, 0.29) is 28.8 Å². The Kier molecular flexibility index (Phi) is 14.1. The van der Waals surface area contributed by atoms with Gasteiger partial charge in [0, 0.05) is 103 Å². The summed E-state index contributed by atoms with van der Waals surface area (Å²) in [5.74, 6) is 3.26. The van der Waals surface area contributed by atoms with Gasteiger partial charge in [0.25, 0.3) is 0 Å². The number of quaternary nitrogens is 2. The molecule has 8 aromatic rings. The monoisotopic (exact) mass is 986 g/mol. The lowest BCUT2D eigenvalue weighted by Gasteiger charge is -2.38. The van der Waals surface area contributed by atoms with Gasteiger partial charge in [-0.15, -0.1) is 0 Å². The van der Waals surface area contributed by atoms with E-state index >= 15 is 0 Å². The van der Waals surface area contributed by atoms with E-state index < -0.39 is 0 Å². The second-order valence-electron chi connectivity index (χ2n) is 17.0. The van der Waals surface area contributed by atoms with Crippen molar-refractivity contribution < 1.29 is 18.9 Å². The quantitative estimate of drug-likeness (QED) is 0.0753. The van der Waals surface area contributed by atoms with Crippen molar-refractivity contribution in [2.75, 3.05) is 28.4 Å². The smallest absolute Gasteiger partial charge is 0.183 e. The molecule has 2 heterocycles. The van der Waals surface area contributed by atoms with Gasteiger partial charge in [-0.3, -0.25) is 0 Å². The van der Waals surface area contributed by atoms with Crippen molar-refractivity contribution in [2.24, 2.45) is 0 Å². The van der Waals surface area contributed by atoms with Gasteiger partial charge >= 0.3 is 0 Å². The van der Waals surface area contributed by atoms with Crippen LogP contribution in [-0.4, -0.2) is 67.5 Å². The van der Waals surface area contributed by atoms with E-state index in [4.69, 9.17) is 18.9 Å². The molecular weight excluding hydrogens is 933 g/mol. The lowest BCUT2D eigenvalue weighted by atomic mass is 10.1. The van der Waals surface area contributed by atoms with Crippen LogP contribution in [0.25, 0.3) is 0 Å². The molecule has 0 N–H and O–H groups in total. The summed E-state index contributed by atoms with van der Waals surface area (Å²) < 4.78 is 23.8. The number of hydrogen-bond acceptors (Lipinski definition) is 6. The van der Waals surface area contributed by atoms with Gasteiger partial charge in [0.2, 0.25) is 0 Å². The summed E-state index contributed by atoms with van der Waals surface area (Å²) in [6, 6.07) is 78.6. The van der Waals surface area contributed by atoms with Crippen LogP contribution in [0.15, 0.2) is 241 Å². The van der Waals surface area contributed by atoms with Crippen molar-refractivity contribution in [2.45, 2.75) is 10.5 Å². The van der Waals surface area contributed by atoms with Gasteiger partial charge in [-0.1, -0.05) is 121 Å². The summed E-state index contributed by atoms with van der Waals surface area (Å²) in [5.41, 5.74) is 6.73. The fourth-order valence-electron chi connectivity index (χ4n) is 9.65. The molecule has 2 unspecified atom stereocenters. The normalized spacial score (nSPS) is 17.0. The van der Waals surface area contributed by atoms with Gasteiger partial charge in [-0.25, -0.2) is 0 Å². The fraction of sp³-hybridized carbons (Fsp3) is 0.100. The maximum absolute atomic E-state index is 5.77. The zero-order chi connectivity index (χ0) is 47.9. The van der Waals surface area contributed by atoms with Crippen LogP contribution in [0.1, 0.15) is 0 Å². The average molecular weight is 987 g/mol. The van der Waals surface area contributed by atoms with Crippen LogP contribution in [0, 0.1) is 0 Å². The van der Waals surface area contributed by atoms with Crippen LogP contribution in [0.2, 0.25) is 0 Å². The molecule has 8 aromatic carbocycles. The molecule has 0 aromatic heterocycles. The van der Waals surface area contributed by atoms with E-state index in [0.29, 0.717) is 8.97 Å². The van der Waals surface area contributed by atoms with Crippen LogP contribution in [0.3, 0.4) is 0 Å². The molecule has 10 heteroatoms. The number of ether oxygens (including phenoxy) is 4. The number of rotatable bonds is 15. The highest BCUT2D eigenvalue weighted by atomic mass is 32.2. The Labute approximate surface area is 424 Å². The first-order valence-corrected chi connectivity index (χ1v) is 27.3. The van der Waals surface area contributed by atoms with E-state index in [2.05, 4.69) is 231 Å². The maximum Gasteiger partial charge on any atom is 0.183 e. The predicted molar refractivity (Wildman–Crippen MR) is 302 cm³/mol. The van der Waals surface area contributed by atoms with E-state index in [1.165, 1.54) is 30.8 Å². The Morgan fingerprint density at radius 2 is 0.557 bits per heavy atom. The third-order valence-electron chi connectivity index (χ3n) is 13.1. The molecule has 0 fully saturated rings. The van der Waals surface area contributed by atoms with Crippen molar-refractivity contribution >= 4 is 96.6 Å². The van der Waals surface area contributed by atoms with Crippen LogP contribution >= 0.6 is 23.5 Å². The molecule has 2 aliphatic heterocycles. The highest BCUT2D eigenvalue weighted by Gasteiger charge is 2.52. The van der Waals surface area contributed by atoms with Gasteiger partial charge in [-0.2, -0.15) is 8.97 Å². The fourth-order valence-corrected chi connectivity index (χ4v) is 17.0. The summed E-state index contributed by atoms with van der Waals surface area (Å²) in [5, 5.41) is 8.34. The number of nitrogens with zero attached hydrogens (tertiary/aromatic N) is 2. The summed E-state index contributed by atoms with van der Waals surface area (Å²) in [6.07, 6.45) is 5.14. The zero-order valence-electron chi connectivity index (χ0n) is 39.6. The minimum Gasteiger partial charge on any atom is -0.497 e. The molecule has 346 valence electrons. The van der Waals surface area contributed by atoms with Crippen molar-refractivity contribution in [3.05, 3.63) is 241 Å². The van der Waals surface area contributed by atoms with Gasteiger partial charge in [-0.05, 0) is 69.2 Å². The van der Waals surface area contributed by atoms with Gasteiger partial charge in [0.1, 0.15) is 57.1 Å². The molecular formula is C60H54N2O4S2Si2+2. The minimum absolute atomic E-state index is 0.0947. The van der Waals surface area contributed by atoms with E-state index in [9.17, 15) is 0 Å². The molecule has 2 aliphatic rings. The molecule has 0 bridgehead atoms. The number of hydrogen-bond donors (Lipinski definition) is 0. The van der Waals surface area contributed by atoms with E-state index in [0.717, 1.165) is 57.1 Å². The Bertz CT molecular complexity index is 2860. The average Bonchev–Trinajstić information content (AvgIpc) is 4.05. The Morgan fingerprint density at radius 3 is 0.814 bits per heavy atom. The molecule has 70 heavy (non-hydrogen) atoms. The molecule has 0 spiro atoms. The molecule has 0 radical (unpaired) electrons. The summed E-state index contributed by atoms with van der Waals surface area (Å²) in [7, 11) is 6.38. The third-order valence-corrected chi connectivity index (χ3v) is 19.7. The lowest BCUT2D eigenvalue weighted by molar-refractivity contribution is 0.414. The van der Waals surface area contributed by atoms with E-state index in [1.54, 1.807) is 28.4 Å². The van der Waals surface area contributed by atoms with Crippen molar-refractivity contribution in [1.29, 1.82) is 0 Å². The summed E-state index contributed by atoms with van der Waals surface area (Å²) in [6.45, 7) is 0. The van der Waals surface area contributed by atoms with Crippen LogP contribution in [0.4, 0.5) is 34.1 Å². The summed E-state index contributed by atoms with van der Waals surface area (Å²) >= 11 is 4.05. The van der Waals surface area contributed by atoms with Gasteiger partial charge < -0.3 is 18.9 Å². The SMILES string of the molecule is COc1ccc([N+](C2=CC(=[SiH]c3ccccc3)C(C3SC([N+](c4ccccc4)(c4ccc(OC)cc4)c4ccc(OC)cc4)=CC3=[SiH]c3ccccc3)S2)(c2ccccc2)c2ccc(OC)cc2)cc1. The Balaban J connectivity index is 1.22. The lowest BCUT2D eigenvalue weighted by Crippen LogP contribution is -2.38. The number of benzene rings is 8. The maximum atomic E-state index is 5.77. The topological polar surface area (TPSA) is 36.9 Å². The second kappa shape index (κ2) is 21.1. The van der Waals surface area contributed by atoms with Gasteiger partial charge in [0.15, 0.2) is 10.1 Å².